The van der Waals surface area contributed by atoms with E-state index in [-0.39, 0.29) is 12.5 Å². The molecule has 0 aliphatic heterocycles. The van der Waals surface area contributed by atoms with Gasteiger partial charge in [-0.15, -0.1) is 11.3 Å². The summed E-state index contributed by atoms with van der Waals surface area (Å²) in [5.41, 5.74) is 2.21. The number of anilines is 1. The lowest BCUT2D eigenvalue weighted by molar-refractivity contribution is -0.128. The Bertz CT molecular complexity index is 827. The van der Waals surface area contributed by atoms with Gasteiger partial charge < -0.3 is 14.8 Å². The summed E-state index contributed by atoms with van der Waals surface area (Å²) in [6, 6.07) is 0. The molecule has 120 valence electrons. The normalized spacial score (nSPS) is 10.9. The molecule has 0 unspecified atom stereocenters. The first-order valence-electron chi connectivity index (χ1n) is 7.05. The summed E-state index contributed by atoms with van der Waals surface area (Å²) in [5, 5.41) is 2.97. The molecule has 0 saturated heterocycles. The van der Waals surface area contributed by atoms with Gasteiger partial charge in [0.15, 0.2) is 11.5 Å². The van der Waals surface area contributed by atoms with Gasteiger partial charge >= 0.3 is 0 Å². The average molecular weight is 331 g/mol. The molecule has 0 aliphatic rings. The smallest absolute Gasteiger partial charge is 0.242 e. The van der Waals surface area contributed by atoms with Gasteiger partial charge in [-0.05, 0) is 6.92 Å². The quantitative estimate of drug-likeness (QED) is 0.756. The van der Waals surface area contributed by atoms with Gasteiger partial charge in [0.1, 0.15) is 11.8 Å². The van der Waals surface area contributed by atoms with Crippen LogP contribution in [-0.4, -0.2) is 56.4 Å². The third-order valence-corrected chi connectivity index (χ3v) is 4.25. The number of rotatable bonds is 5. The zero-order valence-electron chi connectivity index (χ0n) is 13.1. The van der Waals surface area contributed by atoms with Crippen LogP contribution in [0.2, 0.25) is 0 Å². The monoisotopic (exact) mass is 331 g/mol. The molecule has 9 heteroatoms. The Morgan fingerprint density at radius 1 is 1.30 bits per heavy atom. The molecule has 3 rings (SSSR count). The van der Waals surface area contributed by atoms with Gasteiger partial charge in [-0.3, -0.25) is 4.79 Å². The molecule has 0 aliphatic carbocycles. The number of aromatic nitrogens is 5. The van der Waals surface area contributed by atoms with Gasteiger partial charge in [-0.1, -0.05) is 0 Å². The molecule has 0 fully saturated rings. The van der Waals surface area contributed by atoms with Crippen LogP contribution in [0.3, 0.4) is 0 Å². The highest BCUT2D eigenvalue weighted by molar-refractivity contribution is 7.09. The van der Waals surface area contributed by atoms with Crippen molar-refractivity contribution in [2.24, 2.45) is 0 Å². The second-order valence-electron chi connectivity index (χ2n) is 5.26. The number of aryl methyl sites for hydroxylation is 1. The topological polar surface area (TPSA) is 90.9 Å². The lowest BCUT2D eigenvalue weighted by Crippen LogP contribution is -2.36. The zero-order valence-corrected chi connectivity index (χ0v) is 14.0. The van der Waals surface area contributed by atoms with Gasteiger partial charge in [0.2, 0.25) is 5.91 Å². The highest BCUT2D eigenvalue weighted by Gasteiger charge is 2.17. The van der Waals surface area contributed by atoms with E-state index in [0.717, 1.165) is 16.2 Å². The van der Waals surface area contributed by atoms with Gasteiger partial charge in [-0.25, -0.2) is 19.9 Å². The second kappa shape index (κ2) is 6.29. The fourth-order valence-electron chi connectivity index (χ4n) is 2.25. The first kappa shape index (κ1) is 15.3. The summed E-state index contributed by atoms with van der Waals surface area (Å²) in [4.78, 5) is 35.6. The van der Waals surface area contributed by atoms with E-state index in [9.17, 15) is 4.79 Å². The third kappa shape index (κ3) is 3.29. The Kier molecular flexibility index (Phi) is 4.20. The third-order valence-electron chi connectivity index (χ3n) is 3.43. The number of thiazole rings is 1. The van der Waals surface area contributed by atoms with Crippen molar-refractivity contribution in [1.29, 1.82) is 0 Å². The Morgan fingerprint density at radius 3 is 2.87 bits per heavy atom. The Hall–Kier alpha value is -2.55. The Labute approximate surface area is 137 Å². The summed E-state index contributed by atoms with van der Waals surface area (Å²) in [6.45, 7) is 2.67. The van der Waals surface area contributed by atoms with E-state index in [0.29, 0.717) is 18.0 Å². The molecule has 0 atom stereocenters. The van der Waals surface area contributed by atoms with E-state index in [2.05, 4.69) is 24.9 Å². The second-order valence-corrected chi connectivity index (χ2v) is 6.32. The van der Waals surface area contributed by atoms with Crippen LogP contribution in [0.25, 0.3) is 11.2 Å². The zero-order chi connectivity index (χ0) is 16.4. The molecule has 23 heavy (non-hydrogen) atoms. The SMILES string of the molecule is Cc1nc(CN(C)C(=O)CN(C)c2ncnc3nc[nH]c23)cs1. The average Bonchev–Trinajstić information content (AvgIpc) is 3.15. The molecule has 0 radical (unpaired) electrons. The predicted octanol–water partition coefficient (Wildman–Crippen LogP) is 1.21. The van der Waals surface area contributed by atoms with Crippen molar-refractivity contribution >= 4 is 34.2 Å². The van der Waals surface area contributed by atoms with Crippen LogP contribution in [0.1, 0.15) is 10.7 Å². The summed E-state index contributed by atoms with van der Waals surface area (Å²) in [5.74, 6) is 0.642. The molecule has 0 saturated carbocycles. The fraction of sp³-hybridized carbons (Fsp3) is 0.357. The Morgan fingerprint density at radius 2 is 2.13 bits per heavy atom. The van der Waals surface area contributed by atoms with E-state index >= 15 is 0 Å². The number of imidazole rings is 1. The van der Waals surface area contributed by atoms with Crippen LogP contribution in [0.4, 0.5) is 5.82 Å². The van der Waals surface area contributed by atoms with Crippen LogP contribution in [0.15, 0.2) is 18.0 Å². The van der Waals surface area contributed by atoms with Crippen LogP contribution in [-0.2, 0) is 11.3 Å². The molecule has 0 spiro atoms. The van der Waals surface area contributed by atoms with E-state index in [1.54, 1.807) is 34.5 Å². The number of nitrogens with one attached hydrogen (secondary N) is 1. The summed E-state index contributed by atoms with van der Waals surface area (Å²) in [7, 11) is 3.60. The van der Waals surface area contributed by atoms with Crippen molar-refractivity contribution in [3.05, 3.63) is 28.7 Å². The predicted molar refractivity (Wildman–Crippen MR) is 88.3 cm³/mol. The minimum atomic E-state index is -0.00979. The number of H-pyrrole nitrogens is 1. The number of carbonyl (C=O) groups excluding carboxylic acids is 1. The first-order chi connectivity index (χ1) is 11.0. The molecule has 3 aromatic heterocycles. The molecule has 1 N–H and O–H groups in total. The van der Waals surface area contributed by atoms with E-state index in [4.69, 9.17) is 0 Å². The number of fused-ring (bicyclic) bond motifs is 1. The van der Waals surface area contributed by atoms with Crippen LogP contribution in [0, 0.1) is 6.92 Å². The van der Waals surface area contributed by atoms with Gasteiger partial charge in [0.05, 0.1) is 30.1 Å². The number of amides is 1. The van der Waals surface area contributed by atoms with Crippen LogP contribution < -0.4 is 4.90 Å². The summed E-state index contributed by atoms with van der Waals surface area (Å²) >= 11 is 1.58. The lowest BCUT2D eigenvalue weighted by Gasteiger charge is -2.22. The standard InChI is InChI=1S/C14H17N7OS/c1-9-19-10(6-23-9)4-20(2)11(22)5-21(3)14-12-13(16-7-15-12)17-8-18-14/h6-8H,4-5H2,1-3H3,(H,15,16,17,18). The van der Waals surface area contributed by atoms with Crippen molar-refractivity contribution < 1.29 is 4.79 Å². The van der Waals surface area contributed by atoms with Crippen LogP contribution >= 0.6 is 11.3 Å². The minimum absolute atomic E-state index is 0.00979. The maximum Gasteiger partial charge on any atom is 0.242 e. The number of nitrogens with zero attached hydrogens (tertiary/aromatic N) is 6. The molecule has 1 amide bonds. The molecule has 3 aromatic rings. The van der Waals surface area contributed by atoms with E-state index in [1.165, 1.54) is 6.33 Å². The fourth-order valence-corrected chi connectivity index (χ4v) is 2.86. The van der Waals surface area contributed by atoms with Gasteiger partial charge in [0.25, 0.3) is 0 Å². The lowest BCUT2D eigenvalue weighted by atomic mass is 10.4. The summed E-state index contributed by atoms with van der Waals surface area (Å²) in [6.07, 6.45) is 3.01. The molecular formula is C14H17N7OS. The summed E-state index contributed by atoms with van der Waals surface area (Å²) < 4.78 is 0. The highest BCUT2D eigenvalue weighted by atomic mass is 32.1. The largest absolute Gasteiger partial charge is 0.348 e. The maximum atomic E-state index is 12.4. The van der Waals surface area contributed by atoms with Crippen molar-refractivity contribution in [3.63, 3.8) is 0 Å². The molecule has 0 bridgehead atoms. The molecular weight excluding hydrogens is 314 g/mol. The van der Waals surface area contributed by atoms with Crippen LogP contribution in [0.5, 0.6) is 0 Å². The maximum absolute atomic E-state index is 12.4. The number of aromatic amines is 1. The minimum Gasteiger partial charge on any atom is -0.348 e. The Balaban J connectivity index is 1.68. The molecule has 0 aromatic carbocycles. The number of likely N-dealkylation sites (N-methyl/N-ethyl adjacent to an activating group) is 2. The number of hydrogen-bond donors (Lipinski definition) is 1. The van der Waals surface area contributed by atoms with Crippen molar-refractivity contribution in [2.75, 3.05) is 25.5 Å². The van der Waals surface area contributed by atoms with Crippen molar-refractivity contribution in [1.82, 2.24) is 29.8 Å². The van der Waals surface area contributed by atoms with Crippen molar-refractivity contribution in [3.8, 4) is 0 Å². The molecule has 8 nitrogen and oxygen atoms in total. The van der Waals surface area contributed by atoms with E-state index < -0.39 is 0 Å². The van der Waals surface area contributed by atoms with Crippen molar-refractivity contribution in [2.45, 2.75) is 13.5 Å². The number of carbonyl (C=O) groups is 1. The first-order valence-corrected chi connectivity index (χ1v) is 7.92. The van der Waals surface area contributed by atoms with Gasteiger partial charge in [-0.2, -0.15) is 0 Å². The molecule has 3 heterocycles. The van der Waals surface area contributed by atoms with Gasteiger partial charge in [0, 0.05) is 19.5 Å². The highest BCUT2D eigenvalue weighted by Crippen LogP contribution is 2.18. The van der Waals surface area contributed by atoms with E-state index in [1.807, 2.05) is 19.4 Å². The number of hydrogen-bond acceptors (Lipinski definition) is 7.